The van der Waals surface area contributed by atoms with E-state index >= 15 is 0 Å². The summed E-state index contributed by atoms with van der Waals surface area (Å²) in [4.78, 5) is 91.1. The molecule has 0 aliphatic carbocycles. The lowest BCUT2D eigenvalue weighted by atomic mass is 9.91. The highest BCUT2D eigenvalue weighted by atomic mass is 16.7. The van der Waals surface area contributed by atoms with E-state index < -0.39 is 36.6 Å². The number of benzene rings is 4. The lowest BCUT2D eigenvalue weighted by molar-refractivity contribution is -0.155. The van der Waals surface area contributed by atoms with Gasteiger partial charge in [-0.25, -0.2) is 33.6 Å². The number of ether oxygens (including phenoxy) is 12. The van der Waals surface area contributed by atoms with Crippen LogP contribution in [0.5, 0.6) is 0 Å². The van der Waals surface area contributed by atoms with Crippen LogP contribution in [0.3, 0.4) is 0 Å². The molecule has 116 heavy (non-hydrogen) atoms. The van der Waals surface area contributed by atoms with Gasteiger partial charge in [0.15, 0.2) is 0 Å². The minimum absolute atomic E-state index is 0.00322. The molecule has 1 aromatic heterocycles. The van der Waals surface area contributed by atoms with Crippen molar-refractivity contribution in [2.75, 3.05) is 59.9 Å². The van der Waals surface area contributed by atoms with Crippen molar-refractivity contribution in [1.82, 2.24) is 4.90 Å². The summed E-state index contributed by atoms with van der Waals surface area (Å²) in [5.74, 6) is 0.837. The van der Waals surface area contributed by atoms with Crippen molar-refractivity contribution < 1.29 is 99.2 Å². The molecule has 0 aliphatic heterocycles. The Morgan fingerprint density at radius 3 is 0.966 bits per heavy atom. The number of aryl methyl sites for hydroxylation is 1. The largest absolute Gasteiger partial charge is 0.519 e. The Morgan fingerprint density at radius 2 is 0.664 bits per heavy atom. The van der Waals surface area contributed by atoms with Crippen molar-refractivity contribution in [3.05, 3.63) is 166 Å². The zero-order chi connectivity index (χ0) is 90.3. The van der Waals surface area contributed by atoms with Crippen LogP contribution < -0.4 is 5.82 Å². The SMILES string of the molecule is CC(C)(C)COC(=O)C(C)(C)C.CC(C)(C)COC(=O)OCc1ccccc1.CC(C)C(C)OC(=O)OCC(C)(C)C.CC(OC(=O)OCC(C)(C)C)c1ccccc1.CC(OC(=O)OCC(C)(C)C)c1ccccc1.CCOC(=O)OCC(C)(C)C.CN(Cc1ccccc1)C(=O)OCC(C)(C)C.Cc1oc(=O)oc1CC(C)(C)C. The lowest BCUT2D eigenvalue weighted by Crippen LogP contribution is -2.29. The number of hydrogen-bond acceptors (Lipinski definition) is 22. The molecule has 0 saturated carbocycles. The molecule has 1 amide bonds. The lowest BCUT2D eigenvalue weighted by Gasteiger charge is -2.22. The molecule has 0 fully saturated rings. The number of rotatable bonds is 19. The fourth-order valence-corrected chi connectivity index (χ4v) is 7.38. The summed E-state index contributed by atoms with van der Waals surface area (Å²) in [7, 11) is 1.75. The first-order chi connectivity index (χ1) is 52.8. The second-order valence-corrected chi connectivity index (χ2v) is 39.1. The standard InChI is InChI=1S/C14H21NO2.2C14H20O3.C13H18O3.C11H22O3.C10H20O2.C9H14O3.C8H16O3/c1-14(2,3)11-17-13(16)15(4)10-12-8-6-5-7-9-12;2*1-11(12-8-6-5-7-9-12)17-13(15)16-10-14(2,3)4;1-13(2,3)10-16-12(14)15-9-11-7-5-4-6-8-11;1-8(2)9(3)14-10(12)13-7-11(4,5)6;1-9(2,3)7-12-8(11)10(4,5)6;1-6-7(5-9(2,3)4)12-8(10)11-6;1-5-10-7(9)11-6-8(2,3)4/h5-9H,10-11H2,1-4H3;2*5-9,11H,10H2,1-4H3;4-8H,9-10H2,1-3H3;8-9H,7H2,1-6H3;7H2,1-6H3;5H2,1-4H3;5-6H2,1-4H3. The Labute approximate surface area is 697 Å². The molecule has 5 aromatic rings. The highest BCUT2D eigenvalue weighted by Crippen LogP contribution is 2.25. The summed E-state index contributed by atoms with van der Waals surface area (Å²) in [6, 6.07) is 38.6. The van der Waals surface area contributed by atoms with E-state index in [1.165, 1.54) is 0 Å². The van der Waals surface area contributed by atoms with Crippen LogP contribution in [0.15, 0.2) is 135 Å². The second kappa shape index (κ2) is 54.1. The van der Waals surface area contributed by atoms with Crippen molar-refractivity contribution in [3.8, 4) is 0 Å². The molecule has 5 rings (SSSR count). The Kier molecular flexibility index (Phi) is 51.8. The van der Waals surface area contributed by atoms with Gasteiger partial charge in [-0.3, -0.25) is 4.79 Å². The summed E-state index contributed by atoms with van der Waals surface area (Å²) in [6.07, 6.45) is -3.21. The maximum absolute atomic E-state index is 11.7. The fraction of sp³-hybridized carbons (Fsp3) is 0.634. The van der Waals surface area contributed by atoms with Crippen molar-refractivity contribution in [2.24, 2.45) is 54.7 Å². The average Bonchev–Trinajstić information content (AvgIpc) is 1.72. The van der Waals surface area contributed by atoms with Crippen LogP contribution in [0.25, 0.3) is 0 Å². The minimum Gasteiger partial charge on any atom is -0.465 e. The molecule has 1 heterocycles. The Hall–Kier alpha value is -9.02. The van der Waals surface area contributed by atoms with E-state index in [2.05, 4.69) is 25.5 Å². The highest BCUT2D eigenvalue weighted by Gasteiger charge is 2.26. The van der Waals surface area contributed by atoms with Gasteiger partial charge in [-0.2, -0.15) is 0 Å². The molecule has 0 bridgehead atoms. The Balaban J connectivity index is -0.00000126. The molecule has 23 heteroatoms. The highest BCUT2D eigenvalue weighted by molar-refractivity contribution is 5.75. The molecule has 0 N–H and O–H groups in total. The number of amides is 1. The van der Waals surface area contributed by atoms with Crippen molar-refractivity contribution in [2.45, 2.75) is 273 Å². The maximum atomic E-state index is 11.7. The van der Waals surface area contributed by atoms with Crippen molar-refractivity contribution >= 4 is 42.8 Å². The molecule has 3 unspecified atom stereocenters. The molecule has 0 spiro atoms. The minimum atomic E-state index is -0.615. The smallest absolute Gasteiger partial charge is 0.465 e. The fourth-order valence-electron chi connectivity index (χ4n) is 7.38. The van der Waals surface area contributed by atoms with Gasteiger partial charge >= 0.3 is 48.7 Å². The van der Waals surface area contributed by atoms with E-state index in [9.17, 15) is 38.4 Å². The van der Waals surface area contributed by atoms with Crippen LogP contribution in [-0.4, -0.2) is 114 Å². The zero-order valence-electron chi connectivity index (χ0n) is 77.6. The quantitative estimate of drug-likeness (QED) is 0.0548. The number of carbonyl (C=O) groups is 7. The van der Waals surface area contributed by atoms with Gasteiger partial charge in [-0.05, 0) is 127 Å². The number of hydrogen-bond donors (Lipinski definition) is 0. The summed E-state index contributed by atoms with van der Waals surface area (Å²) in [5.41, 5.74) is 3.63. The van der Waals surface area contributed by atoms with Gasteiger partial charge in [-0.1, -0.05) is 301 Å². The predicted octanol–water partition coefficient (Wildman–Crippen LogP) is 24.8. The van der Waals surface area contributed by atoms with Gasteiger partial charge in [0.2, 0.25) is 0 Å². The van der Waals surface area contributed by atoms with Gasteiger partial charge in [0.25, 0.3) is 0 Å². The monoisotopic (exact) mass is 1630 g/mol. The van der Waals surface area contributed by atoms with Crippen LogP contribution in [0, 0.1) is 61.6 Å². The molecule has 4 aromatic carbocycles. The van der Waals surface area contributed by atoms with Crippen LogP contribution in [0.4, 0.5) is 28.8 Å². The van der Waals surface area contributed by atoms with Crippen LogP contribution in [-0.2, 0) is 81.2 Å². The number of nitrogens with zero attached hydrogens (tertiary/aromatic N) is 1. The van der Waals surface area contributed by atoms with Crippen LogP contribution in [0.1, 0.15) is 274 Å². The summed E-state index contributed by atoms with van der Waals surface area (Å²) < 4.78 is 69.7. The number of carbonyl (C=O) groups excluding carboxylic acids is 7. The van der Waals surface area contributed by atoms with Gasteiger partial charge in [0, 0.05) is 20.0 Å². The molecular weight excluding hydrogens is 1480 g/mol. The zero-order valence-corrected chi connectivity index (χ0v) is 77.6. The van der Waals surface area contributed by atoms with Gasteiger partial charge in [0.1, 0.15) is 36.4 Å². The second-order valence-electron chi connectivity index (χ2n) is 39.1. The van der Waals surface area contributed by atoms with E-state index in [4.69, 9.17) is 60.9 Å². The van der Waals surface area contributed by atoms with E-state index in [1.807, 2.05) is 322 Å². The summed E-state index contributed by atoms with van der Waals surface area (Å²) >= 11 is 0. The molecule has 0 saturated heterocycles. The first-order valence-electron chi connectivity index (χ1n) is 39.7. The van der Waals surface area contributed by atoms with Gasteiger partial charge in [0.05, 0.1) is 58.3 Å². The third-order valence-electron chi connectivity index (χ3n) is 13.9. The van der Waals surface area contributed by atoms with Crippen LogP contribution in [0.2, 0.25) is 0 Å². The molecule has 0 aliphatic rings. The van der Waals surface area contributed by atoms with Gasteiger partial charge in [-0.15, -0.1) is 0 Å². The molecule has 660 valence electrons. The number of esters is 1. The van der Waals surface area contributed by atoms with Crippen LogP contribution >= 0.6 is 0 Å². The van der Waals surface area contributed by atoms with E-state index in [1.54, 1.807) is 25.8 Å². The molecule has 3 atom stereocenters. The third-order valence-corrected chi connectivity index (χ3v) is 13.9. The normalized spacial score (nSPS) is 12.2. The third kappa shape index (κ3) is 69.3. The first-order valence-corrected chi connectivity index (χ1v) is 39.7. The molecule has 23 nitrogen and oxygen atoms in total. The predicted molar refractivity (Wildman–Crippen MR) is 458 cm³/mol. The Morgan fingerprint density at radius 1 is 0.362 bits per heavy atom. The van der Waals surface area contributed by atoms with E-state index in [-0.39, 0.29) is 85.7 Å². The van der Waals surface area contributed by atoms with Gasteiger partial charge < -0.3 is 70.6 Å². The summed E-state index contributed by atoms with van der Waals surface area (Å²) in [5, 5.41) is 0. The maximum Gasteiger partial charge on any atom is 0.519 e. The van der Waals surface area contributed by atoms with E-state index in [0.717, 1.165) is 28.7 Å². The van der Waals surface area contributed by atoms with Crippen molar-refractivity contribution in [3.63, 3.8) is 0 Å². The summed E-state index contributed by atoms with van der Waals surface area (Å²) in [6.45, 7) is 71.0. The Bertz CT molecular complexity index is 3470. The average molecular weight is 1640 g/mol. The van der Waals surface area contributed by atoms with Crippen molar-refractivity contribution in [1.29, 1.82) is 0 Å². The first kappa shape index (κ1) is 111. The molecule has 0 radical (unpaired) electrons. The topological polar surface area (TPSA) is 277 Å². The molecular formula is C93H151NO22. The van der Waals surface area contributed by atoms with E-state index in [0.29, 0.717) is 76.8 Å².